The molecular formula is C19H19BN2O2. The molecule has 0 N–H and O–H groups in total. The Labute approximate surface area is 142 Å². The van der Waals surface area contributed by atoms with E-state index < -0.39 is 0 Å². The first-order valence-corrected chi connectivity index (χ1v) is 7.91. The molecule has 0 unspecified atom stereocenters. The Morgan fingerprint density at radius 1 is 1.21 bits per heavy atom. The first-order chi connectivity index (χ1) is 11.6. The van der Waals surface area contributed by atoms with E-state index in [1.807, 2.05) is 25.1 Å². The van der Waals surface area contributed by atoms with E-state index in [1.165, 1.54) is 0 Å². The van der Waals surface area contributed by atoms with Crippen LogP contribution in [0.25, 0.3) is 10.9 Å². The van der Waals surface area contributed by atoms with Gasteiger partial charge in [0.2, 0.25) is 0 Å². The molecule has 0 aliphatic rings. The third kappa shape index (κ3) is 3.26. The van der Waals surface area contributed by atoms with Crippen LogP contribution in [0, 0.1) is 6.92 Å². The van der Waals surface area contributed by atoms with Crippen molar-refractivity contribution in [2.75, 3.05) is 13.7 Å². The minimum absolute atomic E-state index is 0.0808. The quantitative estimate of drug-likeness (QED) is 0.675. The Morgan fingerprint density at radius 2 is 1.96 bits per heavy atom. The maximum Gasteiger partial charge on any atom is 0.261 e. The topological polar surface area (TPSA) is 44.1 Å². The number of fused-ring (bicyclic) bond motifs is 1. The number of aryl methyl sites for hydroxylation is 1. The highest BCUT2D eigenvalue weighted by atomic mass is 16.5. The van der Waals surface area contributed by atoms with E-state index in [9.17, 15) is 4.79 Å². The molecule has 1 heterocycles. The van der Waals surface area contributed by atoms with Crippen molar-refractivity contribution in [1.82, 2.24) is 9.55 Å². The molecule has 4 nitrogen and oxygen atoms in total. The predicted octanol–water partition coefficient (Wildman–Crippen LogP) is 1.93. The molecule has 5 heteroatoms. The van der Waals surface area contributed by atoms with Crippen LogP contribution in [-0.2, 0) is 11.2 Å². The fraction of sp³-hybridized carbons (Fsp3) is 0.263. The molecule has 2 aromatic carbocycles. The van der Waals surface area contributed by atoms with E-state index in [1.54, 1.807) is 29.9 Å². The molecule has 2 radical (unpaired) electrons. The second-order valence-electron chi connectivity index (χ2n) is 5.91. The van der Waals surface area contributed by atoms with Crippen molar-refractivity contribution in [1.29, 1.82) is 0 Å². The van der Waals surface area contributed by atoms with Crippen molar-refractivity contribution in [3.8, 4) is 0 Å². The lowest BCUT2D eigenvalue weighted by Gasteiger charge is -2.22. The van der Waals surface area contributed by atoms with Crippen molar-refractivity contribution >= 4 is 24.2 Å². The number of rotatable bonds is 5. The molecule has 0 aliphatic heterocycles. The van der Waals surface area contributed by atoms with E-state index in [2.05, 4.69) is 17.1 Å². The summed E-state index contributed by atoms with van der Waals surface area (Å²) in [5, 5.41) is 0.537. The van der Waals surface area contributed by atoms with Crippen LogP contribution in [0.1, 0.15) is 17.4 Å². The lowest BCUT2D eigenvalue weighted by atomic mass is 9.95. The van der Waals surface area contributed by atoms with Crippen LogP contribution in [0.2, 0.25) is 0 Å². The summed E-state index contributed by atoms with van der Waals surface area (Å²) >= 11 is 0. The molecular weight excluding hydrogens is 299 g/mol. The number of methoxy groups -OCH3 is 1. The molecule has 0 saturated carbocycles. The zero-order valence-electron chi connectivity index (χ0n) is 13.9. The molecule has 1 atom stereocenters. The van der Waals surface area contributed by atoms with Gasteiger partial charge in [-0.15, -0.1) is 0 Å². The maximum atomic E-state index is 13.0. The van der Waals surface area contributed by atoms with Crippen LogP contribution in [0.4, 0.5) is 0 Å². The Hall–Kier alpha value is -2.40. The third-order valence-corrected chi connectivity index (χ3v) is 4.14. The highest BCUT2D eigenvalue weighted by molar-refractivity contribution is 6.33. The van der Waals surface area contributed by atoms with Crippen molar-refractivity contribution in [2.24, 2.45) is 0 Å². The van der Waals surface area contributed by atoms with Crippen LogP contribution in [0.15, 0.2) is 53.3 Å². The molecule has 0 bridgehead atoms. The second kappa shape index (κ2) is 7.01. The first-order valence-electron chi connectivity index (χ1n) is 7.91. The van der Waals surface area contributed by atoms with E-state index in [0.717, 1.165) is 5.56 Å². The molecule has 120 valence electrons. The largest absolute Gasteiger partial charge is 0.383 e. The van der Waals surface area contributed by atoms with Crippen LogP contribution in [0.5, 0.6) is 0 Å². The Morgan fingerprint density at radius 3 is 2.67 bits per heavy atom. The molecule has 0 aliphatic carbocycles. The van der Waals surface area contributed by atoms with Gasteiger partial charge in [-0.05, 0) is 25.0 Å². The lowest BCUT2D eigenvalue weighted by Crippen LogP contribution is -2.32. The standard InChI is InChI=1S/C19H19BN2O2/c1-13-21-18-9-8-15(20)11-17(18)19(23)22(13)16(12-24-2)10-14-6-4-3-5-7-14/h3-9,11,16H,10,12H2,1-2H3/t16-/m0/s1. The van der Waals surface area contributed by atoms with Crippen molar-refractivity contribution < 1.29 is 4.74 Å². The smallest absolute Gasteiger partial charge is 0.261 e. The van der Waals surface area contributed by atoms with Gasteiger partial charge in [0.05, 0.1) is 23.6 Å². The number of aromatic nitrogens is 2. The van der Waals surface area contributed by atoms with Crippen LogP contribution < -0.4 is 11.0 Å². The summed E-state index contributed by atoms with van der Waals surface area (Å²) in [6, 6.07) is 15.2. The fourth-order valence-corrected chi connectivity index (χ4v) is 3.06. The second-order valence-corrected chi connectivity index (χ2v) is 5.91. The Balaban J connectivity index is 2.11. The van der Waals surface area contributed by atoms with Gasteiger partial charge in [0.1, 0.15) is 13.7 Å². The molecule has 1 aromatic heterocycles. The molecule has 3 rings (SSSR count). The molecule has 0 spiro atoms. The van der Waals surface area contributed by atoms with Gasteiger partial charge >= 0.3 is 0 Å². The van der Waals surface area contributed by atoms with Crippen LogP contribution in [-0.4, -0.2) is 31.1 Å². The average molecular weight is 318 g/mol. The zero-order valence-corrected chi connectivity index (χ0v) is 13.9. The van der Waals surface area contributed by atoms with Gasteiger partial charge in [0.15, 0.2) is 0 Å². The number of nitrogens with zero attached hydrogens (tertiary/aromatic N) is 2. The normalized spacial score (nSPS) is 12.4. The first kappa shape index (κ1) is 16.5. The monoisotopic (exact) mass is 318 g/mol. The zero-order chi connectivity index (χ0) is 17.1. The average Bonchev–Trinajstić information content (AvgIpc) is 2.57. The van der Waals surface area contributed by atoms with Crippen molar-refractivity contribution in [3.63, 3.8) is 0 Å². The van der Waals surface area contributed by atoms with E-state index >= 15 is 0 Å². The maximum absolute atomic E-state index is 13.0. The molecule has 0 amide bonds. The molecule has 0 fully saturated rings. The Kier molecular flexibility index (Phi) is 4.81. The summed E-state index contributed by atoms with van der Waals surface area (Å²) in [5.74, 6) is 0.676. The molecule has 24 heavy (non-hydrogen) atoms. The van der Waals surface area contributed by atoms with Gasteiger partial charge in [-0.1, -0.05) is 47.9 Å². The van der Waals surface area contributed by atoms with Crippen LogP contribution in [0.3, 0.4) is 0 Å². The van der Waals surface area contributed by atoms with Crippen molar-refractivity contribution in [3.05, 3.63) is 70.3 Å². The Bertz CT molecular complexity index is 906. The van der Waals surface area contributed by atoms with Crippen LogP contribution >= 0.6 is 0 Å². The van der Waals surface area contributed by atoms with Gasteiger partial charge in [-0.2, -0.15) is 0 Å². The minimum atomic E-state index is -0.122. The van der Waals surface area contributed by atoms with E-state index in [4.69, 9.17) is 12.6 Å². The lowest BCUT2D eigenvalue weighted by molar-refractivity contribution is 0.152. The highest BCUT2D eigenvalue weighted by Crippen LogP contribution is 2.16. The van der Waals surface area contributed by atoms with Gasteiger partial charge in [-0.25, -0.2) is 4.98 Å². The summed E-state index contributed by atoms with van der Waals surface area (Å²) in [7, 11) is 7.48. The van der Waals surface area contributed by atoms with E-state index in [0.29, 0.717) is 35.2 Å². The van der Waals surface area contributed by atoms with E-state index in [-0.39, 0.29) is 11.6 Å². The molecule has 0 saturated heterocycles. The van der Waals surface area contributed by atoms with Gasteiger partial charge in [0, 0.05) is 7.11 Å². The summed E-state index contributed by atoms with van der Waals surface area (Å²) in [6.07, 6.45) is 0.699. The van der Waals surface area contributed by atoms with Gasteiger partial charge in [0.25, 0.3) is 5.56 Å². The summed E-state index contributed by atoms with van der Waals surface area (Å²) in [4.78, 5) is 17.6. The van der Waals surface area contributed by atoms with Gasteiger partial charge < -0.3 is 4.74 Å². The number of ether oxygens (including phenoxy) is 1. The summed E-state index contributed by atoms with van der Waals surface area (Å²) in [6.45, 7) is 2.29. The summed E-state index contributed by atoms with van der Waals surface area (Å²) < 4.78 is 7.08. The third-order valence-electron chi connectivity index (χ3n) is 4.14. The fourth-order valence-electron chi connectivity index (χ4n) is 3.06. The predicted molar refractivity (Wildman–Crippen MR) is 97.2 cm³/mol. The highest BCUT2D eigenvalue weighted by Gasteiger charge is 2.18. The number of hydrogen-bond donors (Lipinski definition) is 0. The molecule has 3 aromatic rings. The number of benzene rings is 2. The number of hydrogen-bond acceptors (Lipinski definition) is 3. The van der Waals surface area contributed by atoms with Gasteiger partial charge in [-0.3, -0.25) is 9.36 Å². The SMILES string of the molecule is [B]c1ccc2nc(C)n([C@H](COC)Cc3ccccc3)c(=O)c2c1. The summed E-state index contributed by atoms with van der Waals surface area (Å²) in [5.41, 5.74) is 2.29. The van der Waals surface area contributed by atoms with Crippen molar-refractivity contribution in [2.45, 2.75) is 19.4 Å². The minimum Gasteiger partial charge on any atom is -0.383 e.